The van der Waals surface area contributed by atoms with Crippen molar-refractivity contribution in [3.05, 3.63) is 47.0 Å². The lowest BCUT2D eigenvalue weighted by atomic mass is 9.88. The monoisotopic (exact) mass is 351 g/mol. The third-order valence-corrected chi connectivity index (χ3v) is 5.87. The van der Waals surface area contributed by atoms with Crippen molar-refractivity contribution in [3.8, 4) is 11.5 Å². The lowest BCUT2D eigenvalue weighted by Gasteiger charge is -2.29. The van der Waals surface area contributed by atoms with E-state index >= 15 is 0 Å². The summed E-state index contributed by atoms with van der Waals surface area (Å²) in [5.41, 5.74) is 3.73. The van der Waals surface area contributed by atoms with Gasteiger partial charge in [-0.1, -0.05) is 31.4 Å². The molecular formula is C21H25N3O2. The highest BCUT2D eigenvalue weighted by atomic mass is 16.7. The van der Waals surface area contributed by atoms with Crippen molar-refractivity contribution in [1.29, 1.82) is 0 Å². The highest BCUT2D eigenvalue weighted by molar-refractivity contribution is 5.48. The molecule has 1 saturated carbocycles. The molecule has 5 nitrogen and oxygen atoms in total. The van der Waals surface area contributed by atoms with Gasteiger partial charge < -0.3 is 9.47 Å². The van der Waals surface area contributed by atoms with Crippen LogP contribution >= 0.6 is 0 Å². The van der Waals surface area contributed by atoms with E-state index in [1.165, 1.54) is 48.9 Å². The van der Waals surface area contributed by atoms with E-state index < -0.39 is 0 Å². The van der Waals surface area contributed by atoms with Gasteiger partial charge in [-0.15, -0.1) is 0 Å². The van der Waals surface area contributed by atoms with E-state index in [1.807, 2.05) is 12.1 Å². The maximum Gasteiger partial charge on any atom is 0.231 e. The molecule has 26 heavy (non-hydrogen) atoms. The molecule has 3 aliphatic rings. The quantitative estimate of drug-likeness (QED) is 0.841. The molecule has 0 saturated heterocycles. The van der Waals surface area contributed by atoms with E-state index in [0.717, 1.165) is 43.4 Å². The fraction of sp³-hybridized carbons (Fsp3) is 0.524. The molecule has 3 heterocycles. The summed E-state index contributed by atoms with van der Waals surface area (Å²) >= 11 is 0. The van der Waals surface area contributed by atoms with E-state index in [0.29, 0.717) is 12.7 Å². The van der Waals surface area contributed by atoms with Crippen LogP contribution in [-0.2, 0) is 19.5 Å². The van der Waals surface area contributed by atoms with E-state index in [2.05, 4.69) is 17.2 Å². The molecule has 0 unspecified atom stereocenters. The van der Waals surface area contributed by atoms with Gasteiger partial charge in [0.05, 0.1) is 0 Å². The Balaban J connectivity index is 1.30. The van der Waals surface area contributed by atoms with Crippen LogP contribution in [0, 0.1) is 0 Å². The second-order valence-corrected chi connectivity index (χ2v) is 7.65. The first-order valence-electron chi connectivity index (χ1n) is 9.81. The first kappa shape index (κ1) is 16.1. The van der Waals surface area contributed by atoms with Gasteiger partial charge in [0.15, 0.2) is 11.5 Å². The number of para-hydroxylation sites is 1. The molecule has 1 aromatic heterocycles. The fourth-order valence-corrected chi connectivity index (χ4v) is 4.44. The molecule has 1 aliphatic carbocycles. The highest BCUT2D eigenvalue weighted by Gasteiger charge is 2.24. The molecule has 2 aliphatic heterocycles. The summed E-state index contributed by atoms with van der Waals surface area (Å²) in [5, 5.41) is 0. The predicted molar refractivity (Wildman–Crippen MR) is 98.2 cm³/mol. The normalized spacial score (nSPS) is 20.2. The number of rotatable bonds is 3. The molecule has 1 aromatic carbocycles. The molecule has 136 valence electrons. The van der Waals surface area contributed by atoms with Crippen LogP contribution in [-0.4, -0.2) is 28.2 Å². The molecular weight excluding hydrogens is 326 g/mol. The molecule has 5 heteroatoms. The smallest absolute Gasteiger partial charge is 0.231 e. The van der Waals surface area contributed by atoms with Gasteiger partial charge in [-0.05, 0) is 18.9 Å². The van der Waals surface area contributed by atoms with Crippen molar-refractivity contribution >= 4 is 0 Å². The van der Waals surface area contributed by atoms with Gasteiger partial charge in [-0.25, -0.2) is 9.97 Å². The van der Waals surface area contributed by atoms with Crippen LogP contribution in [0.3, 0.4) is 0 Å². The standard InChI is InChI=1S/C21H25N3O2/c1-2-5-15(6-3-1)21-22-11-17-13-24(10-9-18(17)23-21)12-16-7-4-8-19-20(16)26-14-25-19/h4,7-8,11,15H,1-3,5-6,9-10,12-14H2. The minimum atomic E-state index is 0.326. The van der Waals surface area contributed by atoms with E-state index in [-0.39, 0.29) is 0 Å². The highest BCUT2D eigenvalue weighted by Crippen LogP contribution is 2.36. The summed E-state index contributed by atoms with van der Waals surface area (Å²) in [5.74, 6) is 3.43. The van der Waals surface area contributed by atoms with Gasteiger partial charge in [0.1, 0.15) is 5.82 Å². The summed E-state index contributed by atoms with van der Waals surface area (Å²) in [6, 6.07) is 6.14. The summed E-state index contributed by atoms with van der Waals surface area (Å²) in [6.07, 6.45) is 9.61. The molecule has 0 atom stereocenters. The van der Waals surface area contributed by atoms with Crippen LogP contribution in [0.25, 0.3) is 0 Å². The van der Waals surface area contributed by atoms with E-state index in [9.17, 15) is 0 Å². The second-order valence-electron chi connectivity index (χ2n) is 7.65. The zero-order valence-corrected chi connectivity index (χ0v) is 15.1. The average molecular weight is 351 g/mol. The Morgan fingerprint density at radius 3 is 2.96 bits per heavy atom. The lowest BCUT2D eigenvalue weighted by Crippen LogP contribution is -2.31. The van der Waals surface area contributed by atoms with Crippen molar-refractivity contribution in [2.24, 2.45) is 0 Å². The largest absolute Gasteiger partial charge is 0.454 e. The molecule has 0 radical (unpaired) electrons. The molecule has 0 bridgehead atoms. The average Bonchev–Trinajstić information content (AvgIpc) is 3.18. The molecule has 0 spiro atoms. The number of nitrogens with zero attached hydrogens (tertiary/aromatic N) is 3. The Morgan fingerprint density at radius 1 is 1.12 bits per heavy atom. The van der Waals surface area contributed by atoms with Gasteiger partial charge in [-0.2, -0.15) is 0 Å². The first-order valence-corrected chi connectivity index (χ1v) is 9.81. The van der Waals surface area contributed by atoms with Crippen molar-refractivity contribution in [3.63, 3.8) is 0 Å². The number of hydrogen-bond donors (Lipinski definition) is 0. The van der Waals surface area contributed by atoms with E-state index in [4.69, 9.17) is 19.4 Å². The van der Waals surface area contributed by atoms with Gasteiger partial charge in [0.2, 0.25) is 6.79 Å². The Kier molecular flexibility index (Phi) is 4.25. The van der Waals surface area contributed by atoms with Crippen LogP contribution in [0.2, 0.25) is 0 Å². The summed E-state index contributed by atoms with van der Waals surface area (Å²) in [7, 11) is 0. The predicted octanol–water partition coefficient (Wildman–Crippen LogP) is 3.81. The third kappa shape index (κ3) is 3.05. The van der Waals surface area contributed by atoms with Crippen molar-refractivity contribution in [2.45, 2.75) is 57.5 Å². The third-order valence-electron chi connectivity index (χ3n) is 5.87. The molecule has 0 amide bonds. The van der Waals surface area contributed by atoms with Crippen LogP contribution in [0.4, 0.5) is 0 Å². The first-order chi connectivity index (χ1) is 12.9. The second kappa shape index (κ2) is 6.88. The summed E-state index contributed by atoms with van der Waals surface area (Å²) in [4.78, 5) is 12.1. The fourth-order valence-electron chi connectivity index (χ4n) is 4.44. The number of hydrogen-bond acceptors (Lipinski definition) is 5. The van der Waals surface area contributed by atoms with Crippen LogP contribution in [0.5, 0.6) is 11.5 Å². The number of benzene rings is 1. The molecule has 1 fully saturated rings. The van der Waals surface area contributed by atoms with E-state index in [1.54, 1.807) is 0 Å². The van der Waals surface area contributed by atoms with Gasteiger partial charge in [0, 0.05) is 55.0 Å². The zero-order chi connectivity index (χ0) is 17.3. The number of fused-ring (bicyclic) bond motifs is 2. The van der Waals surface area contributed by atoms with Gasteiger partial charge in [-0.3, -0.25) is 4.90 Å². The Labute approximate surface area is 154 Å². The molecule has 0 N–H and O–H groups in total. The van der Waals surface area contributed by atoms with Crippen molar-refractivity contribution < 1.29 is 9.47 Å². The van der Waals surface area contributed by atoms with Crippen molar-refractivity contribution in [2.75, 3.05) is 13.3 Å². The van der Waals surface area contributed by atoms with Crippen LogP contribution in [0.15, 0.2) is 24.4 Å². The Morgan fingerprint density at radius 2 is 2.04 bits per heavy atom. The maximum absolute atomic E-state index is 5.65. The minimum Gasteiger partial charge on any atom is -0.454 e. The Hall–Kier alpha value is -2.14. The van der Waals surface area contributed by atoms with Gasteiger partial charge in [0.25, 0.3) is 0 Å². The molecule has 5 rings (SSSR count). The summed E-state index contributed by atoms with van der Waals surface area (Å²) < 4.78 is 11.1. The summed E-state index contributed by atoms with van der Waals surface area (Å²) in [6.45, 7) is 3.13. The number of ether oxygens (including phenoxy) is 2. The van der Waals surface area contributed by atoms with Crippen LogP contribution in [0.1, 0.15) is 60.7 Å². The minimum absolute atomic E-state index is 0.326. The van der Waals surface area contributed by atoms with Gasteiger partial charge >= 0.3 is 0 Å². The number of aromatic nitrogens is 2. The SMILES string of the molecule is c1cc(CN2CCc3nc(C4CCCCC4)ncc3C2)c2c(c1)OCO2. The van der Waals surface area contributed by atoms with Crippen molar-refractivity contribution in [1.82, 2.24) is 14.9 Å². The molecule has 2 aromatic rings. The zero-order valence-electron chi connectivity index (χ0n) is 15.1. The topological polar surface area (TPSA) is 47.5 Å². The maximum atomic E-state index is 5.65. The van der Waals surface area contributed by atoms with Crippen LogP contribution < -0.4 is 9.47 Å². The Bertz CT molecular complexity index is 802. The lowest BCUT2D eigenvalue weighted by molar-refractivity contribution is 0.171.